The summed E-state index contributed by atoms with van der Waals surface area (Å²) in [5, 5.41) is 3.54. The SMILES string of the molecule is CCSCCCNC(C)CSCC. The van der Waals surface area contributed by atoms with Crippen LogP contribution in [0.5, 0.6) is 0 Å². The highest BCUT2D eigenvalue weighted by Gasteiger charge is 1.98. The van der Waals surface area contributed by atoms with Crippen molar-refractivity contribution in [2.75, 3.05) is 29.6 Å². The standard InChI is InChI=1S/C10H23NS2/c1-4-12-8-6-7-11-10(3)9-13-5-2/h10-11H,4-9H2,1-3H3. The minimum absolute atomic E-state index is 0.677. The summed E-state index contributed by atoms with van der Waals surface area (Å²) in [4.78, 5) is 0. The molecule has 0 aromatic rings. The smallest absolute Gasteiger partial charge is 0.0129 e. The van der Waals surface area contributed by atoms with Crippen LogP contribution in [0.4, 0.5) is 0 Å². The van der Waals surface area contributed by atoms with E-state index in [1.165, 1.54) is 36.0 Å². The third-order valence-electron chi connectivity index (χ3n) is 1.73. The van der Waals surface area contributed by atoms with Crippen LogP contribution >= 0.6 is 23.5 Å². The van der Waals surface area contributed by atoms with E-state index in [2.05, 4.69) is 26.1 Å². The largest absolute Gasteiger partial charge is 0.313 e. The van der Waals surface area contributed by atoms with Crippen molar-refractivity contribution < 1.29 is 0 Å². The van der Waals surface area contributed by atoms with Crippen LogP contribution in [0.2, 0.25) is 0 Å². The van der Waals surface area contributed by atoms with Gasteiger partial charge in [-0.2, -0.15) is 23.5 Å². The highest BCUT2D eigenvalue weighted by Crippen LogP contribution is 2.02. The first-order valence-corrected chi connectivity index (χ1v) is 7.51. The Morgan fingerprint density at radius 1 is 1.15 bits per heavy atom. The van der Waals surface area contributed by atoms with Crippen molar-refractivity contribution in [2.24, 2.45) is 0 Å². The van der Waals surface area contributed by atoms with Crippen LogP contribution in [-0.2, 0) is 0 Å². The van der Waals surface area contributed by atoms with Gasteiger partial charge in [-0.05, 0) is 37.1 Å². The van der Waals surface area contributed by atoms with Crippen LogP contribution < -0.4 is 5.32 Å². The average Bonchev–Trinajstić information content (AvgIpc) is 2.14. The van der Waals surface area contributed by atoms with E-state index in [1.54, 1.807) is 0 Å². The van der Waals surface area contributed by atoms with E-state index in [0.29, 0.717) is 6.04 Å². The molecule has 0 saturated heterocycles. The summed E-state index contributed by atoms with van der Waals surface area (Å²) in [5.41, 5.74) is 0. The van der Waals surface area contributed by atoms with Crippen molar-refractivity contribution in [2.45, 2.75) is 33.2 Å². The zero-order chi connectivity index (χ0) is 9.94. The van der Waals surface area contributed by atoms with Crippen molar-refractivity contribution in [1.82, 2.24) is 5.32 Å². The van der Waals surface area contributed by atoms with Gasteiger partial charge in [0.25, 0.3) is 0 Å². The van der Waals surface area contributed by atoms with Gasteiger partial charge in [-0.25, -0.2) is 0 Å². The maximum Gasteiger partial charge on any atom is 0.0129 e. The first-order chi connectivity index (χ1) is 6.31. The Bertz CT molecular complexity index is 98.9. The van der Waals surface area contributed by atoms with E-state index in [9.17, 15) is 0 Å². The summed E-state index contributed by atoms with van der Waals surface area (Å²) >= 11 is 4.05. The van der Waals surface area contributed by atoms with Crippen LogP contribution in [0.25, 0.3) is 0 Å². The third-order valence-corrected chi connectivity index (χ3v) is 3.86. The fourth-order valence-electron chi connectivity index (χ4n) is 1.02. The van der Waals surface area contributed by atoms with Crippen LogP contribution in [0.3, 0.4) is 0 Å². The van der Waals surface area contributed by atoms with Crippen molar-refractivity contribution in [3.8, 4) is 0 Å². The third kappa shape index (κ3) is 10.6. The Morgan fingerprint density at radius 2 is 1.85 bits per heavy atom. The molecule has 0 radical (unpaired) electrons. The second-order valence-corrected chi connectivity index (χ2v) is 5.78. The van der Waals surface area contributed by atoms with Crippen molar-refractivity contribution >= 4 is 23.5 Å². The molecule has 0 fully saturated rings. The van der Waals surface area contributed by atoms with Gasteiger partial charge in [0.1, 0.15) is 0 Å². The molecule has 0 aliphatic heterocycles. The molecule has 1 atom stereocenters. The molecule has 0 aromatic heterocycles. The predicted molar refractivity (Wildman–Crippen MR) is 68.1 cm³/mol. The molecule has 0 bridgehead atoms. The molecule has 0 aliphatic carbocycles. The van der Waals surface area contributed by atoms with Gasteiger partial charge in [0, 0.05) is 11.8 Å². The fourth-order valence-corrected chi connectivity index (χ4v) is 2.36. The molecule has 1 unspecified atom stereocenters. The van der Waals surface area contributed by atoms with Gasteiger partial charge in [0.15, 0.2) is 0 Å². The van der Waals surface area contributed by atoms with Gasteiger partial charge in [0.2, 0.25) is 0 Å². The van der Waals surface area contributed by atoms with E-state index in [4.69, 9.17) is 0 Å². The van der Waals surface area contributed by atoms with Gasteiger partial charge >= 0.3 is 0 Å². The molecule has 3 heteroatoms. The van der Waals surface area contributed by atoms with E-state index >= 15 is 0 Å². The molecule has 0 heterocycles. The Labute approximate surface area is 91.8 Å². The average molecular weight is 221 g/mol. The molecule has 0 spiro atoms. The van der Waals surface area contributed by atoms with E-state index in [1.807, 2.05) is 23.5 Å². The van der Waals surface area contributed by atoms with Gasteiger partial charge < -0.3 is 5.32 Å². The number of hydrogen-bond acceptors (Lipinski definition) is 3. The Balaban J connectivity index is 3.03. The second-order valence-electron chi connectivity index (χ2n) is 3.07. The van der Waals surface area contributed by atoms with E-state index in [-0.39, 0.29) is 0 Å². The maximum absolute atomic E-state index is 3.54. The van der Waals surface area contributed by atoms with E-state index < -0.39 is 0 Å². The van der Waals surface area contributed by atoms with Crippen molar-refractivity contribution in [1.29, 1.82) is 0 Å². The normalized spacial score (nSPS) is 13.2. The molecular formula is C10H23NS2. The Kier molecular flexibility index (Phi) is 11.3. The van der Waals surface area contributed by atoms with Crippen LogP contribution in [-0.4, -0.2) is 35.6 Å². The zero-order valence-electron chi connectivity index (χ0n) is 9.14. The summed E-state index contributed by atoms with van der Waals surface area (Å²) in [5.74, 6) is 5.04. The van der Waals surface area contributed by atoms with Gasteiger partial charge in [0.05, 0.1) is 0 Å². The summed E-state index contributed by atoms with van der Waals surface area (Å²) in [6.07, 6.45) is 1.31. The highest BCUT2D eigenvalue weighted by molar-refractivity contribution is 7.99. The monoisotopic (exact) mass is 221 g/mol. The zero-order valence-corrected chi connectivity index (χ0v) is 10.8. The van der Waals surface area contributed by atoms with Gasteiger partial charge in [-0.3, -0.25) is 0 Å². The summed E-state index contributed by atoms with van der Waals surface area (Å²) in [6, 6.07) is 0.677. The number of thioether (sulfide) groups is 2. The van der Waals surface area contributed by atoms with E-state index in [0.717, 1.165) is 0 Å². The lowest BCUT2D eigenvalue weighted by Gasteiger charge is -2.12. The van der Waals surface area contributed by atoms with Crippen LogP contribution in [0.15, 0.2) is 0 Å². The topological polar surface area (TPSA) is 12.0 Å². The lowest BCUT2D eigenvalue weighted by molar-refractivity contribution is 0.592. The molecule has 13 heavy (non-hydrogen) atoms. The van der Waals surface area contributed by atoms with Gasteiger partial charge in [-0.15, -0.1) is 0 Å². The minimum atomic E-state index is 0.677. The quantitative estimate of drug-likeness (QED) is 0.601. The molecule has 80 valence electrons. The molecule has 0 amide bonds. The fraction of sp³-hybridized carbons (Fsp3) is 1.00. The molecule has 1 nitrogen and oxygen atoms in total. The van der Waals surface area contributed by atoms with Gasteiger partial charge in [-0.1, -0.05) is 13.8 Å². The molecule has 0 rings (SSSR count). The maximum atomic E-state index is 3.54. The molecule has 0 aliphatic rings. The van der Waals surface area contributed by atoms with Crippen LogP contribution in [0.1, 0.15) is 27.2 Å². The first kappa shape index (κ1) is 13.7. The molecule has 0 saturated carbocycles. The summed E-state index contributed by atoms with van der Waals surface area (Å²) in [6.45, 7) is 7.89. The minimum Gasteiger partial charge on any atom is -0.313 e. The first-order valence-electron chi connectivity index (χ1n) is 5.20. The second kappa shape index (κ2) is 10.7. The predicted octanol–water partition coefficient (Wildman–Crippen LogP) is 2.86. The van der Waals surface area contributed by atoms with Crippen LogP contribution in [0, 0.1) is 0 Å². The molecular weight excluding hydrogens is 198 g/mol. The number of hydrogen-bond donors (Lipinski definition) is 1. The number of rotatable bonds is 9. The molecule has 0 aromatic carbocycles. The number of nitrogens with one attached hydrogen (secondary N) is 1. The molecule has 1 N–H and O–H groups in total. The van der Waals surface area contributed by atoms with Crippen molar-refractivity contribution in [3.05, 3.63) is 0 Å². The lowest BCUT2D eigenvalue weighted by Crippen LogP contribution is -2.29. The Morgan fingerprint density at radius 3 is 2.46 bits per heavy atom. The summed E-state index contributed by atoms with van der Waals surface area (Å²) in [7, 11) is 0. The van der Waals surface area contributed by atoms with Crippen molar-refractivity contribution in [3.63, 3.8) is 0 Å². The lowest BCUT2D eigenvalue weighted by atomic mass is 10.3. The summed E-state index contributed by atoms with van der Waals surface area (Å²) < 4.78 is 0. The highest BCUT2D eigenvalue weighted by atomic mass is 32.2. The Hall–Kier alpha value is 0.660.